The van der Waals surface area contributed by atoms with Crippen molar-refractivity contribution in [3.63, 3.8) is 0 Å². The third-order valence-corrected chi connectivity index (χ3v) is 6.43. The zero-order chi connectivity index (χ0) is 12.6. The number of hydrogen-bond acceptors (Lipinski definition) is 4. The second-order valence-corrected chi connectivity index (χ2v) is 8.00. The Hall–Kier alpha value is -0.430. The van der Waals surface area contributed by atoms with E-state index in [-0.39, 0.29) is 12.1 Å². The van der Waals surface area contributed by atoms with Crippen molar-refractivity contribution in [2.24, 2.45) is 0 Å². The highest BCUT2D eigenvalue weighted by molar-refractivity contribution is 7.91. The molecule has 0 saturated carbocycles. The Kier molecular flexibility index (Phi) is 3.58. The van der Waals surface area contributed by atoms with E-state index in [1.54, 1.807) is 10.4 Å². The molecule has 0 amide bonds. The van der Waals surface area contributed by atoms with Gasteiger partial charge in [-0.1, -0.05) is 0 Å². The first-order valence-corrected chi connectivity index (χ1v) is 7.98. The third-order valence-electron chi connectivity index (χ3n) is 2.99. The van der Waals surface area contributed by atoms with Gasteiger partial charge in [-0.15, -0.1) is 11.3 Å². The van der Waals surface area contributed by atoms with Gasteiger partial charge in [-0.3, -0.25) is 0 Å². The number of aryl methyl sites for hydroxylation is 1. The average Bonchev–Trinajstić information content (AvgIpc) is 2.69. The van der Waals surface area contributed by atoms with Gasteiger partial charge in [-0.05, 0) is 32.9 Å². The van der Waals surface area contributed by atoms with Crippen molar-refractivity contribution < 1.29 is 8.42 Å². The summed E-state index contributed by atoms with van der Waals surface area (Å²) in [5.41, 5.74) is 0. The SMILES string of the molecule is Cc1ccc(S(=O)(=O)N2CC(C)NCC2C)s1. The minimum atomic E-state index is -3.31. The molecule has 0 bridgehead atoms. The smallest absolute Gasteiger partial charge is 0.252 e. The van der Waals surface area contributed by atoms with E-state index in [1.807, 2.05) is 26.8 Å². The summed E-state index contributed by atoms with van der Waals surface area (Å²) in [6, 6.07) is 3.78. The van der Waals surface area contributed by atoms with Crippen LogP contribution in [0.2, 0.25) is 0 Å². The number of nitrogens with one attached hydrogen (secondary N) is 1. The van der Waals surface area contributed by atoms with E-state index in [2.05, 4.69) is 5.32 Å². The number of thiophene rings is 1. The molecule has 1 aliphatic heterocycles. The van der Waals surface area contributed by atoms with E-state index < -0.39 is 10.0 Å². The molecule has 0 spiro atoms. The molecule has 0 aliphatic carbocycles. The topological polar surface area (TPSA) is 49.4 Å². The molecule has 1 fully saturated rings. The summed E-state index contributed by atoms with van der Waals surface area (Å²) in [6.07, 6.45) is 0. The summed E-state index contributed by atoms with van der Waals surface area (Å²) in [6.45, 7) is 7.13. The van der Waals surface area contributed by atoms with Gasteiger partial charge in [0.2, 0.25) is 0 Å². The van der Waals surface area contributed by atoms with Crippen LogP contribution in [0.25, 0.3) is 0 Å². The fourth-order valence-corrected chi connectivity index (χ4v) is 5.12. The largest absolute Gasteiger partial charge is 0.311 e. The van der Waals surface area contributed by atoms with Gasteiger partial charge in [0, 0.05) is 30.1 Å². The Balaban J connectivity index is 2.31. The van der Waals surface area contributed by atoms with Gasteiger partial charge in [0.15, 0.2) is 0 Å². The maximum absolute atomic E-state index is 12.5. The Bertz CT molecular complexity index is 495. The maximum Gasteiger partial charge on any atom is 0.252 e. The van der Waals surface area contributed by atoms with Gasteiger partial charge >= 0.3 is 0 Å². The second-order valence-electron chi connectivity index (χ2n) is 4.60. The predicted octanol–water partition coefficient (Wildman–Crippen LogP) is 1.43. The van der Waals surface area contributed by atoms with E-state index in [1.165, 1.54) is 11.3 Å². The van der Waals surface area contributed by atoms with Gasteiger partial charge in [0.25, 0.3) is 10.0 Å². The van der Waals surface area contributed by atoms with E-state index in [0.29, 0.717) is 17.3 Å². The summed E-state index contributed by atoms with van der Waals surface area (Å²) >= 11 is 1.34. The molecule has 1 aromatic rings. The van der Waals surface area contributed by atoms with Crippen molar-refractivity contribution in [1.29, 1.82) is 0 Å². The molecular formula is C11H18N2O2S2. The number of piperazine rings is 1. The molecule has 6 heteroatoms. The zero-order valence-corrected chi connectivity index (χ0v) is 11.9. The van der Waals surface area contributed by atoms with Crippen molar-refractivity contribution in [2.45, 2.75) is 37.1 Å². The van der Waals surface area contributed by atoms with E-state index in [9.17, 15) is 8.42 Å². The van der Waals surface area contributed by atoms with Crippen LogP contribution in [-0.2, 0) is 10.0 Å². The van der Waals surface area contributed by atoms with Crippen LogP contribution in [0, 0.1) is 6.92 Å². The molecular weight excluding hydrogens is 256 g/mol. The minimum Gasteiger partial charge on any atom is -0.311 e. The van der Waals surface area contributed by atoms with Crippen LogP contribution in [-0.4, -0.2) is 37.9 Å². The van der Waals surface area contributed by atoms with Gasteiger partial charge in [-0.25, -0.2) is 8.42 Å². The van der Waals surface area contributed by atoms with Crippen molar-refractivity contribution in [3.8, 4) is 0 Å². The van der Waals surface area contributed by atoms with Crippen molar-refractivity contribution >= 4 is 21.4 Å². The van der Waals surface area contributed by atoms with Crippen LogP contribution in [0.15, 0.2) is 16.3 Å². The minimum absolute atomic E-state index is 0.0126. The maximum atomic E-state index is 12.5. The molecule has 2 atom stereocenters. The van der Waals surface area contributed by atoms with Gasteiger partial charge in [-0.2, -0.15) is 4.31 Å². The highest BCUT2D eigenvalue weighted by Gasteiger charge is 2.33. The number of hydrogen-bond donors (Lipinski definition) is 1. The van der Waals surface area contributed by atoms with E-state index in [0.717, 1.165) is 4.88 Å². The van der Waals surface area contributed by atoms with Crippen LogP contribution in [0.3, 0.4) is 0 Å². The van der Waals surface area contributed by atoms with Crippen molar-refractivity contribution in [3.05, 3.63) is 17.0 Å². The summed E-state index contributed by atoms with van der Waals surface area (Å²) in [4.78, 5) is 1.03. The quantitative estimate of drug-likeness (QED) is 0.887. The Morgan fingerprint density at radius 1 is 1.41 bits per heavy atom. The summed E-state index contributed by atoms with van der Waals surface area (Å²) < 4.78 is 27.0. The number of nitrogens with zero attached hydrogens (tertiary/aromatic N) is 1. The standard InChI is InChI=1S/C11H18N2O2S2/c1-8-7-13(9(2)6-12-8)17(14,15)11-5-4-10(3)16-11/h4-5,8-9,12H,6-7H2,1-3H3. The Labute approximate surface area is 107 Å². The lowest BCUT2D eigenvalue weighted by atomic mass is 10.2. The third kappa shape index (κ3) is 2.54. The van der Waals surface area contributed by atoms with Gasteiger partial charge in [0.05, 0.1) is 0 Å². The first-order valence-electron chi connectivity index (χ1n) is 5.73. The fraction of sp³-hybridized carbons (Fsp3) is 0.636. The fourth-order valence-electron chi connectivity index (χ4n) is 1.99. The first-order chi connectivity index (χ1) is 7.91. The second kappa shape index (κ2) is 4.68. The Morgan fingerprint density at radius 2 is 2.12 bits per heavy atom. The zero-order valence-electron chi connectivity index (χ0n) is 10.3. The molecule has 1 aliphatic rings. The first kappa shape index (κ1) is 13.0. The lowest BCUT2D eigenvalue weighted by Crippen LogP contribution is -2.55. The lowest BCUT2D eigenvalue weighted by molar-refractivity contribution is 0.245. The molecule has 2 heterocycles. The predicted molar refractivity (Wildman–Crippen MR) is 69.9 cm³/mol. The average molecular weight is 274 g/mol. The van der Waals surface area contributed by atoms with E-state index in [4.69, 9.17) is 0 Å². The lowest BCUT2D eigenvalue weighted by Gasteiger charge is -2.36. The monoisotopic (exact) mass is 274 g/mol. The molecule has 17 heavy (non-hydrogen) atoms. The number of sulfonamides is 1. The van der Waals surface area contributed by atoms with Crippen molar-refractivity contribution in [1.82, 2.24) is 9.62 Å². The summed E-state index contributed by atoms with van der Waals surface area (Å²) in [5.74, 6) is 0. The van der Waals surface area contributed by atoms with Crippen LogP contribution in [0.1, 0.15) is 18.7 Å². The summed E-state index contributed by atoms with van der Waals surface area (Å²) in [5, 5.41) is 3.29. The highest BCUT2D eigenvalue weighted by Crippen LogP contribution is 2.26. The van der Waals surface area contributed by atoms with Gasteiger partial charge < -0.3 is 5.32 Å². The van der Waals surface area contributed by atoms with Crippen molar-refractivity contribution in [2.75, 3.05) is 13.1 Å². The van der Waals surface area contributed by atoms with Gasteiger partial charge in [0.1, 0.15) is 4.21 Å². The molecule has 0 radical (unpaired) electrons. The van der Waals surface area contributed by atoms with Crippen LogP contribution in [0.5, 0.6) is 0 Å². The molecule has 1 saturated heterocycles. The molecule has 4 nitrogen and oxygen atoms in total. The van der Waals surface area contributed by atoms with Crippen LogP contribution >= 0.6 is 11.3 Å². The summed E-state index contributed by atoms with van der Waals surface area (Å²) in [7, 11) is -3.31. The molecule has 1 N–H and O–H groups in total. The van der Waals surface area contributed by atoms with Crippen LogP contribution < -0.4 is 5.32 Å². The highest BCUT2D eigenvalue weighted by atomic mass is 32.2. The number of rotatable bonds is 2. The molecule has 2 unspecified atom stereocenters. The molecule has 1 aromatic heterocycles. The van der Waals surface area contributed by atoms with E-state index >= 15 is 0 Å². The normalized spacial score (nSPS) is 27.2. The Morgan fingerprint density at radius 3 is 2.71 bits per heavy atom. The van der Waals surface area contributed by atoms with Crippen LogP contribution in [0.4, 0.5) is 0 Å². The molecule has 96 valence electrons. The molecule has 0 aromatic carbocycles. The molecule has 2 rings (SSSR count).